The van der Waals surface area contributed by atoms with Gasteiger partial charge in [0, 0.05) is 23.5 Å². The maximum atomic E-state index is 13.3. The number of carbonyl (C=O) groups excluding carboxylic acids is 1. The number of likely N-dealkylation sites (tertiary alicyclic amines) is 1. The van der Waals surface area contributed by atoms with Gasteiger partial charge in [0.2, 0.25) is 0 Å². The molecule has 0 bridgehead atoms. The van der Waals surface area contributed by atoms with E-state index in [1.165, 1.54) is 15.2 Å². The van der Waals surface area contributed by atoms with Crippen molar-refractivity contribution in [2.45, 2.75) is 30.2 Å². The average molecular weight is 439 g/mol. The Kier molecular flexibility index (Phi) is 4.87. The van der Waals surface area contributed by atoms with E-state index in [0.29, 0.717) is 25.1 Å². The Labute approximate surface area is 180 Å². The van der Waals surface area contributed by atoms with E-state index in [1.54, 1.807) is 29.5 Å². The lowest BCUT2D eigenvalue weighted by atomic mass is 10.1. The Balaban J connectivity index is 1.45. The van der Waals surface area contributed by atoms with Crippen LogP contribution < -0.4 is 4.31 Å². The first-order valence-electron chi connectivity index (χ1n) is 10.1. The van der Waals surface area contributed by atoms with Crippen molar-refractivity contribution in [2.24, 2.45) is 0 Å². The summed E-state index contributed by atoms with van der Waals surface area (Å²) in [5.41, 5.74) is 2.18. The predicted octanol–water partition coefficient (Wildman–Crippen LogP) is 4.48. The van der Waals surface area contributed by atoms with Crippen molar-refractivity contribution >= 4 is 33.0 Å². The number of para-hydroxylation sites is 1. The lowest BCUT2D eigenvalue weighted by Crippen LogP contribution is -2.31. The number of amides is 1. The third kappa shape index (κ3) is 3.22. The van der Waals surface area contributed by atoms with Crippen molar-refractivity contribution in [3.8, 4) is 0 Å². The molecule has 2 aliphatic rings. The maximum Gasteiger partial charge on any atom is 0.264 e. The number of hydrogen-bond acceptors (Lipinski definition) is 4. The summed E-state index contributed by atoms with van der Waals surface area (Å²) < 4.78 is 28.1. The highest BCUT2D eigenvalue weighted by Gasteiger charge is 2.33. The van der Waals surface area contributed by atoms with Gasteiger partial charge in [0.15, 0.2) is 0 Å². The fourth-order valence-electron chi connectivity index (χ4n) is 4.43. The average Bonchev–Trinajstić information content (AvgIpc) is 3.53. The van der Waals surface area contributed by atoms with Crippen LogP contribution in [0.3, 0.4) is 0 Å². The standard InChI is InChI=1S/C23H22N2O3S2/c26-23(24-13-4-10-21(24)22-11-5-15-29-22)18-7-3-8-19(16-18)30(27,28)25-14-12-17-6-1-2-9-20(17)25/h1-3,5-9,11,15-16,21H,4,10,12-14H2. The molecule has 30 heavy (non-hydrogen) atoms. The van der Waals surface area contributed by atoms with Crippen LogP contribution in [0.4, 0.5) is 5.69 Å². The van der Waals surface area contributed by atoms with Crippen molar-refractivity contribution < 1.29 is 13.2 Å². The Hall–Kier alpha value is -2.64. The van der Waals surface area contributed by atoms with Crippen LogP contribution in [0.15, 0.2) is 70.9 Å². The Bertz CT molecular complexity index is 1190. The number of nitrogens with zero attached hydrogens (tertiary/aromatic N) is 2. The highest BCUT2D eigenvalue weighted by molar-refractivity contribution is 7.92. The van der Waals surface area contributed by atoms with Crippen molar-refractivity contribution in [1.82, 2.24) is 4.90 Å². The van der Waals surface area contributed by atoms with Crippen LogP contribution in [0.5, 0.6) is 0 Å². The van der Waals surface area contributed by atoms with Gasteiger partial charge in [0.1, 0.15) is 0 Å². The van der Waals surface area contributed by atoms with Gasteiger partial charge in [-0.2, -0.15) is 0 Å². The molecule has 0 radical (unpaired) electrons. The van der Waals surface area contributed by atoms with E-state index in [2.05, 4.69) is 6.07 Å². The summed E-state index contributed by atoms with van der Waals surface area (Å²) in [6.45, 7) is 1.12. The molecule has 1 aromatic heterocycles. The second-order valence-electron chi connectivity index (χ2n) is 7.66. The van der Waals surface area contributed by atoms with Gasteiger partial charge in [0.25, 0.3) is 15.9 Å². The summed E-state index contributed by atoms with van der Waals surface area (Å²) in [6, 6.07) is 18.2. The summed E-state index contributed by atoms with van der Waals surface area (Å²) in [6.07, 6.45) is 2.59. The minimum absolute atomic E-state index is 0.0724. The van der Waals surface area contributed by atoms with Gasteiger partial charge in [-0.1, -0.05) is 30.3 Å². The number of carbonyl (C=O) groups is 1. The molecule has 1 saturated heterocycles. The zero-order valence-electron chi connectivity index (χ0n) is 16.4. The fourth-order valence-corrected chi connectivity index (χ4v) is 6.85. The van der Waals surface area contributed by atoms with Crippen LogP contribution in [0.2, 0.25) is 0 Å². The highest BCUT2D eigenvalue weighted by Crippen LogP contribution is 2.36. The predicted molar refractivity (Wildman–Crippen MR) is 118 cm³/mol. The number of thiophene rings is 1. The van der Waals surface area contributed by atoms with E-state index >= 15 is 0 Å². The van der Waals surface area contributed by atoms with Crippen LogP contribution in [-0.4, -0.2) is 32.3 Å². The Morgan fingerprint density at radius 3 is 2.70 bits per heavy atom. The first kappa shape index (κ1) is 19.3. The largest absolute Gasteiger partial charge is 0.331 e. The van der Waals surface area contributed by atoms with Gasteiger partial charge in [-0.05, 0) is 60.5 Å². The van der Waals surface area contributed by atoms with Crippen molar-refractivity contribution in [3.63, 3.8) is 0 Å². The van der Waals surface area contributed by atoms with Gasteiger partial charge in [-0.3, -0.25) is 9.10 Å². The van der Waals surface area contributed by atoms with Gasteiger partial charge in [-0.25, -0.2) is 8.42 Å². The lowest BCUT2D eigenvalue weighted by molar-refractivity contribution is 0.0737. The quantitative estimate of drug-likeness (QED) is 0.604. The van der Waals surface area contributed by atoms with Crippen LogP contribution in [-0.2, 0) is 16.4 Å². The number of benzene rings is 2. The molecular weight excluding hydrogens is 416 g/mol. The number of rotatable bonds is 4. The minimum Gasteiger partial charge on any atom is -0.331 e. The molecule has 5 nitrogen and oxygen atoms in total. The molecule has 1 atom stereocenters. The molecule has 3 heterocycles. The zero-order valence-corrected chi connectivity index (χ0v) is 18.0. The molecule has 0 saturated carbocycles. The smallest absolute Gasteiger partial charge is 0.264 e. The lowest BCUT2D eigenvalue weighted by Gasteiger charge is -2.24. The topological polar surface area (TPSA) is 57.7 Å². The van der Waals surface area contributed by atoms with Gasteiger partial charge in [0.05, 0.1) is 16.6 Å². The van der Waals surface area contributed by atoms with Crippen molar-refractivity contribution in [1.29, 1.82) is 0 Å². The normalized spacial score (nSPS) is 18.6. The fraction of sp³-hybridized carbons (Fsp3) is 0.261. The van der Waals surface area contributed by atoms with E-state index in [0.717, 1.165) is 24.1 Å². The van der Waals surface area contributed by atoms with Gasteiger partial charge >= 0.3 is 0 Å². The Morgan fingerprint density at radius 1 is 1.00 bits per heavy atom. The highest BCUT2D eigenvalue weighted by atomic mass is 32.2. The summed E-state index contributed by atoms with van der Waals surface area (Å²) in [7, 11) is -3.72. The molecule has 154 valence electrons. The van der Waals surface area contributed by atoms with Crippen LogP contribution in [0.25, 0.3) is 0 Å². The molecule has 0 aliphatic carbocycles. The maximum absolute atomic E-state index is 13.3. The number of fused-ring (bicyclic) bond motifs is 1. The molecule has 7 heteroatoms. The zero-order chi connectivity index (χ0) is 20.7. The summed E-state index contributed by atoms with van der Waals surface area (Å²) in [4.78, 5) is 16.5. The molecule has 0 N–H and O–H groups in total. The van der Waals surface area contributed by atoms with E-state index in [4.69, 9.17) is 0 Å². The molecule has 5 rings (SSSR count). The van der Waals surface area contributed by atoms with E-state index in [-0.39, 0.29) is 16.8 Å². The molecule has 2 aliphatic heterocycles. The van der Waals surface area contributed by atoms with E-state index < -0.39 is 10.0 Å². The van der Waals surface area contributed by atoms with Crippen LogP contribution in [0, 0.1) is 0 Å². The summed E-state index contributed by atoms with van der Waals surface area (Å²) in [5, 5.41) is 2.03. The monoisotopic (exact) mass is 438 g/mol. The van der Waals surface area contributed by atoms with Crippen LogP contribution in [0.1, 0.15) is 39.7 Å². The number of anilines is 1. The first-order chi connectivity index (χ1) is 14.6. The molecule has 1 unspecified atom stereocenters. The molecular formula is C23H22N2O3S2. The molecule has 3 aromatic rings. The second kappa shape index (κ2) is 7.56. The van der Waals surface area contributed by atoms with Crippen molar-refractivity contribution in [3.05, 3.63) is 82.0 Å². The van der Waals surface area contributed by atoms with Crippen molar-refractivity contribution in [2.75, 3.05) is 17.4 Å². The first-order valence-corrected chi connectivity index (χ1v) is 12.4. The third-order valence-corrected chi connectivity index (χ3v) is 8.68. The second-order valence-corrected chi connectivity index (χ2v) is 10.5. The SMILES string of the molecule is O=C(c1cccc(S(=O)(=O)N2CCc3ccccc32)c1)N1CCCC1c1cccs1. The van der Waals surface area contributed by atoms with Gasteiger partial charge < -0.3 is 4.90 Å². The molecule has 1 fully saturated rings. The van der Waals surface area contributed by atoms with E-state index in [1.807, 2.05) is 40.6 Å². The number of sulfonamides is 1. The third-order valence-electron chi connectivity index (χ3n) is 5.90. The van der Waals surface area contributed by atoms with E-state index in [9.17, 15) is 13.2 Å². The summed E-state index contributed by atoms with van der Waals surface area (Å²) >= 11 is 1.66. The van der Waals surface area contributed by atoms with Crippen LogP contribution >= 0.6 is 11.3 Å². The molecule has 0 spiro atoms. The molecule has 1 amide bonds. The number of hydrogen-bond donors (Lipinski definition) is 0. The Morgan fingerprint density at radius 2 is 1.87 bits per heavy atom. The molecule has 2 aromatic carbocycles. The van der Waals surface area contributed by atoms with Gasteiger partial charge in [-0.15, -0.1) is 11.3 Å². The minimum atomic E-state index is -3.72. The summed E-state index contributed by atoms with van der Waals surface area (Å²) in [5.74, 6) is -0.107.